The Morgan fingerprint density at radius 3 is 2.54 bits per heavy atom. The molecule has 0 aliphatic rings. The molecule has 0 saturated carbocycles. The van der Waals surface area contributed by atoms with Gasteiger partial charge in [-0.05, 0) is 30.5 Å². The molecule has 0 unspecified atom stereocenters. The lowest BCUT2D eigenvalue weighted by atomic mass is 10.1. The van der Waals surface area contributed by atoms with Crippen molar-refractivity contribution in [2.75, 3.05) is 20.1 Å². The quantitative estimate of drug-likeness (QED) is 0.350. The second-order valence-corrected chi connectivity index (χ2v) is 5.87. The Morgan fingerprint density at radius 2 is 1.83 bits per heavy atom. The maximum Gasteiger partial charge on any atom is 0.251 e. The van der Waals surface area contributed by atoms with E-state index in [4.69, 9.17) is 0 Å². The number of aliphatic imine (C=N–C) groups is 1. The van der Waals surface area contributed by atoms with Crippen molar-refractivity contribution in [2.24, 2.45) is 4.99 Å². The maximum absolute atomic E-state index is 12.0. The van der Waals surface area contributed by atoms with Crippen molar-refractivity contribution in [3.63, 3.8) is 0 Å². The molecule has 0 aromatic heterocycles. The normalized spacial score (nSPS) is 11.2. The first-order chi connectivity index (χ1) is 11.7. The largest absolute Gasteiger partial charge is 0.356 e. The summed E-state index contributed by atoms with van der Waals surface area (Å²) in [5.41, 5.74) is 1.76. The van der Waals surface area contributed by atoms with Crippen molar-refractivity contribution in [3.8, 4) is 0 Å². The molecule has 0 radical (unpaired) electrons. The van der Waals surface area contributed by atoms with Crippen molar-refractivity contribution >= 4 is 11.9 Å². The smallest absolute Gasteiger partial charge is 0.251 e. The Bertz CT molecular complexity index is 514. The van der Waals surface area contributed by atoms with Crippen molar-refractivity contribution in [3.05, 3.63) is 35.4 Å². The van der Waals surface area contributed by atoms with Crippen LogP contribution < -0.4 is 16.0 Å². The lowest BCUT2D eigenvalue weighted by molar-refractivity contribution is 0.0953. The molecule has 0 bridgehead atoms. The van der Waals surface area contributed by atoms with Crippen LogP contribution in [0.25, 0.3) is 0 Å². The zero-order valence-corrected chi connectivity index (χ0v) is 15.3. The molecule has 134 valence electrons. The van der Waals surface area contributed by atoms with Crippen molar-refractivity contribution in [2.45, 2.75) is 52.5 Å². The van der Waals surface area contributed by atoms with Crippen LogP contribution >= 0.6 is 0 Å². The highest BCUT2D eigenvalue weighted by atomic mass is 16.1. The first-order valence-corrected chi connectivity index (χ1v) is 9.02. The summed E-state index contributed by atoms with van der Waals surface area (Å²) in [6.07, 6.45) is 5.86. The van der Waals surface area contributed by atoms with Gasteiger partial charge in [-0.15, -0.1) is 0 Å². The highest BCUT2D eigenvalue weighted by Gasteiger charge is 2.05. The SMILES string of the molecule is CCCCCCNC(=NC)NCc1cccc(C(=O)NCCC)c1. The summed E-state index contributed by atoms with van der Waals surface area (Å²) in [4.78, 5) is 16.2. The minimum Gasteiger partial charge on any atom is -0.356 e. The van der Waals surface area contributed by atoms with E-state index in [-0.39, 0.29) is 5.91 Å². The summed E-state index contributed by atoms with van der Waals surface area (Å²) in [6.45, 7) is 6.53. The number of hydrogen-bond acceptors (Lipinski definition) is 2. The molecule has 0 saturated heterocycles. The van der Waals surface area contributed by atoms with Crippen LogP contribution in [0.2, 0.25) is 0 Å². The van der Waals surface area contributed by atoms with Crippen LogP contribution in [0.5, 0.6) is 0 Å². The first kappa shape index (κ1) is 20.0. The minimum atomic E-state index is -0.0165. The van der Waals surface area contributed by atoms with Crippen LogP contribution in [0.15, 0.2) is 29.3 Å². The van der Waals surface area contributed by atoms with Gasteiger partial charge in [-0.3, -0.25) is 9.79 Å². The molecular weight excluding hydrogens is 300 g/mol. The van der Waals surface area contributed by atoms with Gasteiger partial charge in [0.05, 0.1) is 0 Å². The topological polar surface area (TPSA) is 65.5 Å². The molecule has 0 aliphatic heterocycles. The van der Waals surface area contributed by atoms with Gasteiger partial charge in [0.1, 0.15) is 0 Å². The molecule has 1 aromatic rings. The van der Waals surface area contributed by atoms with Crippen molar-refractivity contribution < 1.29 is 4.79 Å². The summed E-state index contributed by atoms with van der Waals surface area (Å²) in [5.74, 6) is 0.782. The van der Waals surface area contributed by atoms with Gasteiger partial charge in [-0.2, -0.15) is 0 Å². The fourth-order valence-corrected chi connectivity index (χ4v) is 2.33. The van der Waals surface area contributed by atoms with Crippen LogP contribution in [0, 0.1) is 0 Å². The predicted molar refractivity (Wildman–Crippen MR) is 101 cm³/mol. The Kier molecular flexibility index (Phi) is 10.3. The second kappa shape index (κ2) is 12.4. The third-order valence-corrected chi connectivity index (χ3v) is 3.73. The molecule has 0 spiro atoms. The first-order valence-electron chi connectivity index (χ1n) is 9.02. The number of guanidine groups is 1. The van der Waals surface area contributed by atoms with E-state index in [0.29, 0.717) is 18.7 Å². The monoisotopic (exact) mass is 332 g/mol. The number of hydrogen-bond donors (Lipinski definition) is 3. The van der Waals surface area contributed by atoms with Crippen LogP contribution in [0.1, 0.15) is 61.9 Å². The molecule has 1 amide bonds. The van der Waals surface area contributed by atoms with E-state index < -0.39 is 0 Å². The lowest BCUT2D eigenvalue weighted by Gasteiger charge is -2.12. The molecule has 5 heteroatoms. The fourth-order valence-electron chi connectivity index (χ4n) is 2.33. The van der Waals surface area contributed by atoms with E-state index in [2.05, 4.69) is 27.9 Å². The van der Waals surface area contributed by atoms with Crippen molar-refractivity contribution in [1.82, 2.24) is 16.0 Å². The number of benzene rings is 1. The lowest BCUT2D eigenvalue weighted by Crippen LogP contribution is -2.37. The van der Waals surface area contributed by atoms with Gasteiger partial charge in [-0.1, -0.05) is 45.2 Å². The van der Waals surface area contributed by atoms with E-state index in [1.165, 1.54) is 19.3 Å². The zero-order valence-electron chi connectivity index (χ0n) is 15.3. The molecule has 1 rings (SSSR count). The Balaban J connectivity index is 2.43. The molecule has 1 aromatic carbocycles. The number of carbonyl (C=O) groups is 1. The number of unbranched alkanes of at least 4 members (excludes halogenated alkanes) is 3. The molecule has 0 heterocycles. The van der Waals surface area contributed by atoms with E-state index in [0.717, 1.165) is 30.9 Å². The van der Waals surface area contributed by atoms with Crippen LogP contribution in [-0.4, -0.2) is 32.0 Å². The van der Waals surface area contributed by atoms with Gasteiger partial charge in [-0.25, -0.2) is 0 Å². The predicted octanol–water partition coefficient (Wildman–Crippen LogP) is 3.07. The van der Waals surface area contributed by atoms with Gasteiger partial charge in [0, 0.05) is 32.2 Å². The molecule has 24 heavy (non-hydrogen) atoms. The number of amides is 1. The third-order valence-electron chi connectivity index (χ3n) is 3.73. The van der Waals surface area contributed by atoms with Crippen molar-refractivity contribution in [1.29, 1.82) is 0 Å². The van der Waals surface area contributed by atoms with E-state index in [1.54, 1.807) is 7.05 Å². The minimum absolute atomic E-state index is 0.0165. The zero-order chi connectivity index (χ0) is 17.6. The molecule has 0 atom stereocenters. The van der Waals surface area contributed by atoms with Crippen LogP contribution in [-0.2, 0) is 6.54 Å². The van der Waals surface area contributed by atoms with Gasteiger partial charge in [0.15, 0.2) is 5.96 Å². The number of carbonyl (C=O) groups excluding carboxylic acids is 1. The molecular formula is C19H32N4O. The number of nitrogens with zero attached hydrogens (tertiary/aromatic N) is 1. The van der Waals surface area contributed by atoms with Gasteiger partial charge >= 0.3 is 0 Å². The van der Waals surface area contributed by atoms with E-state index >= 15 is 0 Å². The second-order valence-electron chi connectivity index (χ2n) is 5.87. The standard InChI is InChI=1S/C19H32N4O/c1-4-6-7-8-13-22-19(20-3)23-15-16-10-9-11-17(14-16)18(24)21-12-5-2/h9-11,14H,4-8,12-13,15H2,1-3H3,(H,21,24)(H2,20,22,23). The highest BCUT2D eigenvalue weighted by molar-refractivity contribution is 5.94. The maximum atomic E-state index is 12.0. The summed E-state index contributed by atoms with van der Waals surface area (Å²) in [5, 5.41) is 9.52. The van der Waals surface area contributed by atoms with Gasteiger partial charge in [0.2, 0.25) is 0 Å². The van der Waals surface area contributed by atoms with Gasteiger partial charge < -0.3 is 16.0 Å². The summed E-state index contributed by atoms with van der Waals surface area (Å²) < 4.78 is 0. The van der Waals surface area contributed by atoms with Crippen LogP contribution in [0.3, 0.4) is 0 Å². The van der Waals surface area contributed by atoms with E-state index in [9.17, 15) is 4.79 Å². The summed E-state index contributed by atoms with van der Waals surface area (Å²) >= 11 is 0. The number of nitrogens with one attached hydrogen (secondary N) is 3. The summed E-state index contributed by atoms with van der Waals surface area (Å²) in [7, 11) is 1.77. The Morgan fingerprint density at radius 1 is 1.00 bits per heavy atom. The summed E-state index contributed by atoms with van der Waals surface area (Å²) in [6, 6.07) is 7.69. The van der Waals surface area contributed by atoms with Crippen LogP contribution in [0.4, 0.5) is 0 Å². The molecule has 0 fully saturated rings. The highest BCUT2D eigenvalue weighted by Crippen LogP contribution is 2.05. The average Bonchev–Trinajstić information content (AvgIpc) is 2.62. The van der Waals surface area contributed by atoms with Gasteiger partial charge in [0.25, 0.3) is 5.91 Å². The molecule has 5 nitrogen and oxygen atoms in total. The van der Waals surface area contributed by atoms with E-state index in [1.807, 2.05) is 31.2 Å². The Labute approximate surface area is 146 Å². The molecule has 0 aliphatic carbocycles. The third kappa shape index (κ3) is 7.99. The fraction of sp³-hybridized carbons (Fsp3) is 0.579. The molecule has 3 N–H and O–H groups in total. The number of rotatable bonds is 10. The average molecular weight is 332 g/mol. The Hall–Kier alpha value is -2.04.